The van der Waals surface area contributed by atoms with Crippen molar-refractivity contribution in [3.05, 3.63) is 23.9 Å². The van der Waals surface area contributed by atoms with Crippen molar-refractivity contribution >= 4 is 41.7 Å². The van der Waals surface area contributed by atoms with Gasteiger partial charge in [-0.1, -0.05) is 12.8 Å². The number of rotatable bonds is 5. The van der Waals surface area contributed by atoms with E-state index in [1.807, 2.05) is 20.2 Å². The molecule has 1 aromatic heterocycles. The second kappa shape index (κ2) is 13.0. The van der Waals surface area contributed by atoms with Crippen LogP contribution in [0, 0.1) is 5.92 Å². The summed E-state index contributed by atoms with van der Waals surface area (Å²) in [5, 5.41) is 3.48. The SMILES string of the molecule is CCOC(=O)C1CCN(C(=NC)NCc2ccnc(N3CCCCCC3)c2)CC1.I. The van der Waals surface area contributed by atoms with Crippen LogP contribution in [-0.2, 0) is 16.1 Å². The molecule has 0 amide bonds. The number of nitrogens with one attached hydrogen (secondary N) is 1. The smallest absolute Gasteiger partial charge is 0.309 e. The van der Waals surface area contributed by atoms with Gasteiger partial charge in [-0.3, -0.25) is 9.79 Å². The first kappa shape index (κ1) is 24.7. The Kier molecular flexibility index (Phi) is 10.7. The van der Waals surface area contributed by atoms with E-state index in [0.717, 1.165) is 50.8 Å². The van der Waals surface area contributed by atoms with Gasteiger partial charge in [-0.2, -0.15) is 0 Å². The summed E-state index contributed by atoms with van der Waals surface area (Å²) in [5.41, 5.74) is 1.21. The Balaban J connectivity index is 0.00000320. The van der Waals surface area contributed by atoms with Crippen molar-refractivity contribution in [2.45, 2.75) is 52.0 Å². The predicted molar refractivity (Wildman–Crippen MR) is 131 cm³/mol. The summed E-state index contributed by atoms with van der Waals surface area (Å²) in [6.45, 7) is 6.86. The highest BCUT2D eigenvalue weighted by Gasteiger charge is 2.27. The second-order valence-electron chi connectivity index (χ2n) is 7.84. The van der Waals surface area contributed by atoms with E-state index in [2.05, 4.69) is 37.2 Å². The first-order valence-corrected chi connectivity index (χ1v) is 11.0. The normalized spacial score (nSPS) is 18.4. The summed E-state index contributed by atoms with van der Waals surface area (Å²) >= 11 is 0. The molecule has 2 aliphatic rings. The highest BCUT2D eigenvalue weighted by atomic mass is 127. The van der Waals surface area contributed by atoms with Crippen molar-refractivity contribution < 1.29 is 9.53 Å². The largest absolute Gasteiger partial charge is 0.466 e. The number of carbonyl (C=O) groups excluding carboxylic acids is 1. The molecule has 1 N–H and O–H groups in total. The zero-order valence-corrected chi connectivity index (χ0v) is 20.6. The maximum Gasteiger partial charge on any atom is 0.309 e. The van der Waals surface area contributed by atoms with Gasteiger partial charge in [0.1, 0.15) is 5.82 Å². The van der Waals surface area contributed by atoms with Crippen LogP contribution in [0.1, 0.15) is 51.0 Å². The highest BCUT2D eigenvalue weighted by molar-refractivity contribution is 14.0. The maximum absolute atomic E-state index is 11.9. The molecule has 0 aromatic carbocycles. The van der Waals surface area contributed by atoms with Crippen LogP contribution in [0.3, 0.4) is 0 Å². The van der Waals surface area contributed by atoms with Gasteiger partial charge in [0.2, 0.25) is 0 Å². The second-order valence-corrected chi connectivity index (χ2v) is 7.84. The van der Waals surface area contributed by atoms with Gasteiger partial charge >= 0.3 is 5.97 Å². The van der Waals surface area contributed by atoms with Crippen LogP contribution in [-0.4, -0.2) is 61.6 Å². The standard InChI is InChI=1S/C22H35N5O2.HI/c1-3-29-21(28)19-9-14-27(15-10-19)22(23-2)25-17-18-8-11-24-20(16-18)26-12-6-4-5-7-13-26;/h8,11,16,19H,3-7,9-10,12-15,17H2,1-2H3,(H,23,25);1H. The zero-order chi connectivity index (χ0) is 20.5. The Labute approximate surface area is 197 Å². The van der Waals surface area contributed by atoms with Crippen LogP contribution in [0.2, 0.25) is 0 Å². The summed E-state index contributed by atoms with van der Waals surface area (Å²) < 4.78 is 5.16. The number of carbonyl (C=O) groups is 1. The minimum absolute atomic E-state index is 0. The number of anilines is 1. The van der Waals surface area contributed by atoms with Crippen LogP contribution in [0.5, 0.6) is 0 Å². The van der Waals surface area contributed by atoms with E-state index in [1.165, 1.54) is 31.2 Å². The molecule has 7 nitrogen and oxygen atoms in total. The van der Waals surface area contributed by atoms with Crippen LogP contribution >= 0.6 is 24.0 Å². The van der Waals surface area contributed by atoms with Crippen LogP contribution in [0.15, 0.2) is 23.3 Å². The highest BCUT2D eigenvalue weighted by Crippen LogP contribution is 2.20. The predicted octanol–water partition coefficient (Wildman–Crippen LogP) is 3.43. The van der Waals surface area contributed by atoms with Gasteiger partial charge in [-0.15, -0.1) is 24.0 Å². The first-order chi connectivity index (χ1) is 14.2. The number of ether oxygens (including phenoxy) is 1. The monoisotopic (exact) mass is 529 g/mol. The molecule has 30 heavy (non-hydrogen) atoms. The molecule has 2 aliphatic heterocycles. The fraction of sp³-hybridized carbons (Fsp3) is 0.682. The molecule has 3 heterocycles. The fourth-order valence-electron chi connectivity index (χ4n) is 4.14. The van der Waals surface area contributed by atoms with E-state index >= 15 is 0 Å². The number of nitrogens with zero attached hydrogens (tertiary/aromatic N) is 4. The number of piperidine rings is 1. The summed E-state index contributed by atoms with van der Waals surface area (Å²) in [7, 11) is 1.81. The van der Waals surface area contributed by atoms with Crippen LogP contribution in [0.4, 0.5) is 5.82 Å². The third-order valence-electron chi connectivity index (χ3n) is 5.82. The number of aliphatic imine (C=N–C) groups is 1. The lowest BCUT2D eigenvalue weighted by atomic mass is 9.97. The molecule has 0 bridgehead atoms. The molecule has 0 saturated carbocycles. The van der Waals surface area contributed by atoms with Gasteiger partial charge in [0, 0.05) is 46.0 Å². The summed E-state index contributed by atoms with van der Waals surface area (Å²) in [4.78, 5) is 25.6. The minimum Gasteiger partial charge on any atom is -0.466 e. The number of guanidine groups is 1. The Morgan fingerprint density at radius 1 is 1.20 bits per heavy atom. The maximum atomic E-state index is 11.9. The van der Waals surface area contributed by atoms with E-state index < -0.39 is 0 Å². The topological polar surface area (TPSA) is 70.1 Å². The summed E-state index contributed by atoms with van der Waals surface area (Å²) in [6.07, 6.45) is 8.67. The number of likely N-dealkylation sites (tertiary alicyclic amines) is 1. The number of aromatic nitrogens is 1. The molecule has 1 aromatic rings. The Bertz CT molecular complexity index is 684. The number of halogens is 1. The van der Waals surface area contributed by atoms with Crippen molar-refractivity contribution in [3.63, 3.8) is 0 Å². The third-order valence-corrected chi connectivity index (χ3v) is 5.82. The number of hydrogen-bond acceptors (Lipinski definition) is 5. The lowest BCUT2D eigenvalue weighted by Crippen LogP contribution is -2.46. The van der Waals surface area contributed by atoms with E-state index in [-0.39, 0.29) is 35.9 Å². The summed E-state index contributed by atoms with van der Waals surface area (Å²) in [6, 6.07) is 4.26. The quantitative estimate of drug-likeness (QED) is 0.273. The molecular weight excluding hydrogens is 493 g/mol. The molecule has 168 valence electrons. The van der Waals surface area contributed by atoms with E-state index in [1.54, 1.807) is 0 Å². The average molecular weight is 529 g/mol. The van der Waals surface area contributed by atoms with E-state index in [4.69, 9.17) is 4.74 Å². The molecule has 3 rings (SSSR count). The van der Waals surface area contributed by atoms with Gasteiger partial charge in [-0.05, 0) is 50.3 Å². The van der Waals surface area contributed by atoms with Crippen molar-refractivity contribution in [3.8, 4) is 0 Å². The minimum atomic E-state index is -0.0621. The van der Waals surface area contributed by atoms with Gasteiger partial charge in [-0.25, -0.2) is 4.98 Å². The van der Waals surface area contributed by atoms with Gasteiger partial charge in [0.25, 0.3) is 0 Å². The zero-order valence-electron chi connectivity index (χ0n) is 18.3. The molecule has 0 radical (unpaired) electrons. The Morgan fingerprint density at radius 3 is 2.53 bits per heavy atom. The lowest BCUT2D eigenvalue weighted by molar-refractivity contribution is -0.149. The number of pyridine rings is 1. The van der Waals surface area contributed by atoms with Gasteiger partial charge < -0.3 is 19.9 Å². The third kappa shape index (κ3) is 6.99. The lowest BCUT2D eigenvalue weighted by Gasteiger charge is -2.33. The molecule has 8 heteroatoms. The molecule has 0 aliphatic carbocycles. The molecular formula is C22H36IN5O2. The molecule has 2 saturated heterocycles. The summed E-state index contributed by atoms with van der Waals surface area (Å²) in [5.74, 6) is 1.92. The Hall–Kier alpha value is -1.58. The van der Waals surface area contributed by atoms with Crippen LogP contribution < -0.4 is 10.2 Å². The van der Waals surface area contributed by atoms with Crippen molar-refractivity contribution in [2.75, 3.05) is 44.7 Å². The average Bonchev–Trinajstić information content (AvgIpc) is 3.05. The molecule has 0 unspecified atom stereocenters. The fourth-order valence-corrected chi connectivity index (χ4v) is 4.14. The molecule has 0 spiro atoms. The molecule has 0 atom stereocenters. The Morgan fingerprint density at radius 2 is 1.90 bits per heavy atom. The van der Waals surface area contributed by atoms with Crippen molar-refractivity contribution in [1.29, 1.82) is 0 Å². The molecule has 2 fully saturated rings. The number of esters is 1. The van der Waals surface area contributed by atoms with Crippen molar-refractivity contribution in [1.82, 2.24) is 15.2 Å². The van der Waals surface area contributed by atoms with Crippen molar-refractivity contribution in [2.24, 2.45) is 10.9 Å². The van der Waals surface area contributed by atoms with Crippen LogP contribution in [0.25, 0.3) is 0 Å². The van der Waals surface area contributed by atoms with Gasteiger partial charge in [0.05, 0.1) is 12.5 Å². The van der Waals surface area contributed by atoms with E-state index in [0.29, 0.717) is 13.2 Å². The van der Waals surface area contributed by atoms with Gasteiger partial charge in [0.15, 0.2) is 5.96 Å². The first-order valence-electron chi connectivity index (χ1n) is 11.0. The van der Waals surface area contributed by atoms with E-state index in [9.17, 15) is 4.79 Å². The number of hydrogen-bond donors (Lipinski definition) is 1.